The van der Waals surface area contributed by atoms with Crippen molar-refractivity contribution in [1.82, 2.24) is 14.7 Å². The van der Waals surface area contributed by atoms with E-state index in [0.29, 0.717) is 12.6 Å². The summed E-state index contributed by atoms with van der Waals surface area (Å²) in [4.78, 5) is 13.8. The predicted molar refractivity (Wildman–Crippen MR) is 114 cm³/mol. The van der Waals surface area contributed by atoms with E-state index in [0.717, 1.165) is 48.3 Å². The van der Waals surface area contributed by atoms with E-state index >= 15 is 0 Å². The first kappa shape index (κ1) is 21.2. The summed E-state index contributed by atoms with van der Waals surface area (Å²) < 4.78 is 13.4. The van der Waals surface area contributed by atoms with Crippen LogP contribution in [-0.4, -0.2) is 40.5 Å². The standard InChI is InChI=1S/C23H33N3O3/c1-4-5-15-25(2)23(27)28-17-22-21(16-24-26(22)3)18-11-13-20(14-12-18)29-19-9-7-6-8-10-19/h11-14,16,19H,4-10,15,17H2,1-3H3. The lowest BCUT2D eigenvalue weighted by atomic mass is 9.98. The zero-order valence-corrected chi connectivity index (χ0v) is 17.9. The molecule has 6 nitrogen and oxygen atoms in total. The number of carbonyl (C=O) groups excluding carboxylic acids is 1. The van der Waals surface area contributed by atoms with Crippen LogP contribution in [0.25, 0.3) is 11.1 Å². The fourth-order valence-electron chi connectivity index (χ4n) is 3.69. The average Bonchev–Trinajstić information content (AvgIpc) is 3.11. The van der Waals surface area contributed by atoms with Crippen LogP contribution in [0.2, 0.25) is 0 Å². The largest absolute Gasteiger partial charge is 0.490 e. The first-order valence-corrected chi connectivity index (χ1v) is 10.7. The van der Waals surface area contributed by atoms with Crippen molar-refractivity contribution in [3.63, 3.8) is 0 Å². The normalized spacial score (nSPS) is 14.6. The van der Waals surface area contributed by atoms with Crippen LogP contribution >= 0.6 is 0 Å². The number of hydrogen-bond acceptors (Lipinski definition) is 4. The molecule has 0 atom stereocenters. The summed E-state index contributed by atoms with van der Waals surface area (Å²) in [7, 11) is 3.64. The van der Waals surface area contributed by atoms with Crippen LogP contribution in [0.5, 0.6) is 5.75 Å². The van der Waals surface area contributed by atoms with Gasteiger partial charge in [0, 0.05) is 26.2 Å². The first-order chi connectivity index (χ1) is 14.1. The third-order valence-electron chi connectivity index (χ3n) is 5.57. The van der Waals surface area contributed by atoms with Gasteiger partial charge in [-0.1, -0.05) is 31.9 Å². The summed E-state index contributed by atoms with van der Waals surface area (Å²) >= 11 is 0. The molecule has 158 valence electrons. The Labute approximate surface area is 173 Å². The predicted octanol–water partition coefficient (Wildman–Crippen LogP) is 5.17. The van der Waals surface area contributed by atoms with Crippen molar-refractivity contribution in [2.24, 2.45) is 7.05 Å². The molecule has 0 radical (unpaired) electrons. The maximum absolute atomic E-state index is 12.2. The molecule has 1 aromatic carbocycles. The highest BCUT2D eigenvalue weighted by Gasteiger charge is 2.17. The first-order valence-electron chi connectivity index (χ1n) is 10.7. The molecule has 0 aliphatic heterocycles. The highest BCUT2D eigenvalue weighted by Crippen LogP contribution is 2.28. The minimum atomic E-state index is -0.304. The number of unbranched alkanes of at least 4 members (excludes halogenated alkanes) is 1. The summed E-state index contributed by atoms with van der Waals surface area (Å²) in [6.45, 7) is 3.00. The Balaban J connectivity index is 1.63. The van der Waals surface area contributed by atoms with Gasteiger partial charge in [0.1, 0.15) is 12.4 Å². The third-order valence-corrected chi connectivity index (χ3v) is 5.57. The van der Waals surface area contributed by atoms with E-state index < -0.39 is 0 Å². The lowest BCUT2D eigenvalue weighted by Crippen LogP contribution is -2.28. The summed E-state index contributed by atoms with van der Waals surface area (Å²) in [5, 5.41) is 4.36. The van der Waals surface area contributed by atoms with E-state index in [9.17, 15) is 4.79 Å². The smallest absolute Gasteiger partial charge is 0.409 e. The van der Waals surface area contributed by atoms with Gasteiger partial charge in [-0.15, -0.1) is 0 Å². The van der Waals surface area contributed by atoms with E-state index in [4.69, 9.17) is 9.47 Å². The maximum atomic E-state index is 12.2. The topological polar surface area (TPSA) is 56.6 Å². The number of hydrogen-bond donors (Lipinski definition) is 0. The van der Waals surface area contributed by atoms with Crippen molar-refractivity contribution in [2.75, 3.05) is 13.6 Å². The second-order valence-corrected chi connectivity index (χ2v) is 7.86. The van der Waals surface area contributed by atoms with Crippen LogP contribution in [0.1, 0.15) is 57.6 Å². The van der Waals surface area contributed by atoms with Gasteiger partial charge in [0.05, 0.1) is 18.0 Å². The minimum absolute atomic E-state index is 0.196. The van der Waals surface area contributed by atoms with Crippen molar-refractivity contribution in [2.45, 2.75) is 64.6 Å². The Kier molecular flexibility index (Phi) is 7.55. The average molecular weight is 400 g/mol. The number of carbonyl (C=O) groups is 1. The molecule has 0 unspecified atom stereocenters. The molecule has 6 heteroatoms. The van der Waals surface area contributed by atoms with Gasteiger partial charge in [-0.25, -0.2) is 4.79 Å². The van der Waals surface area contributed by atoms with Crippen LogP contribution in [-0.2, 0) is 18.4 Å². The number of amides is 1. The summed E-state index contributed by atoms with van der Waals surface area (Å²) in [5.41, 5.74) is 2.89. The fraction of sp³-hybridized carbons (Fsp3) is 0.565. The van der Waals surface area contributed by atoms with Crippen LogP contribution in [0.15, 0.2) is 30.5 Å². The second kappa shape index (κ2) is 10.3. The molecule has 1 saturated carbocycles. The molecule has 0 N–H and O–H groups in total. The number of aryl methyl sites for hydroxylation is 1. The molecular weight excluding hydrogens is 366 g/mol. The second-order valence-electron chi connectivity index (χ2n) is 7.86. The lowest BCUT2D eigenvalue weighted by Gasteiger charge is -2.23. The molecule has 0 saturated heterocycles. The zero-order valence-electron chi connectivity index (χ0n) is 17.9. The highest BCUT2D eigenvalue weighted by molar-refractivity contribution is 5.69. The zero-order chi connectivity index (χ0) is 20.6. The van der Waals surface area contributed by atoms with Crippen molar-refractivity contribution < 1.29 is 14.3 Å². The van der Waals surface area contributed by atoms with Gasteiger partial charge in [0.15, 0.2) is 0 Å². The lowest BCUT2D eigenvalue weighted by molar-refractivity contribution is 0.102. The van der Waals surface area contributed by atoms with Crippen molar-refractivity contribution in [3.05, 3.63) is 36.2 Å². The van der Waals surface area contributed by atoms with Crippen LogP contribution < -0.4 is 4.74 Å². The summed E-state index contributed by atoms with van der Waals surface area (Å²) in [5.74, 6) is 0.912. The number of ether oxygens (including phenoxy) is 2. The molecule has 2 aromatic rings. The molecule has 1 aliphatic carbocycles. The molecule has 0 bridgehead atoms. The molecule has 1 fully saturated rings. The summed E-state index contributed by atoms with van der Waals surface area (Å²) in [6, 6.07) is 8.14. The molecule has 1 aromatic heterocycles. The Hall–Kier alpha value is -2.50. The highest BCUT2D eigenvalue weighted by atomic mass is 16.6. The molecule has 29 heavy (non-hydrogen) atoms. The fourth-order valence-corrected chi connectivity index (χ4v) is 3.69. The summed E-state index contributed by atoms with van der Waals surface area (Å²) in [6.07, 6.45) is 10.0. The molecular formula is C23H33N3O3. The Morgan fingerprint density at radius 2 is 1.93 bits per heavy atom. The van der Waals surface area contributed by atoms with Gasteiger partial charge >= 0.3 is 6.09 Å². The van der Waals surface area contributed by atoms with Gasteiger partial charge in [0.25, 0.3) is 0 Å². The van der Waals surface area contributed by atoms with Crippen molar-refractivity contribution in [1.29, 1.82) is 0 Å². The molecule has 1 amide bonds. The number of aromatic nitrogens is 2. The van der Waals surface area contributed by atoms with Crippen LogP contribution in [0.4, 0.5) is 4.79 Å². The quantitative estimate of drug-likeness (QED) is 0.615. The minimum Gasteiger partial charge on any atom is -0.490 e. The van der Waals surface area contributed by atoms with E-state index in [2.05, 4.69) is 12.0 Å². The van der Waals surface area contributed by atoms with E-state index in [1.54, 1.807) is 16.6 Å². The maximum Gasteiger partial charge on any atom is 0.409 e. The third kappa shape index (κ3) is 5.75. The van der Waals surface area contributed by atoms with E-state index in [-0.39, 0.29) is 12.7 Å². The van der Waals surface area contributed by atoms with Gasteiger partial charge in [-0.05, 0) is 49.8 Å². The molecule has 1 aliphatic rings. The van der Waals surface area contributed by atoms with E-state index in [1.165, 1.54) is 19.3 Å². The van der Waals surface area contributed by atoms with Gasteiger partial charge < -0.3 is 14.4 Å². The molecule has 3 rings (SSSR count). The monoisotopic (exact) mass is 399 g/mol. The number of rotatable bonds is 8. The number of benzene rings is 1. The molecule has 0 spiro atoms. The number of nitrogens with zero attached hydrogens (tertiary/aromatic N) is 3. The van der Waals surface area contributed by atoms with Crippen molar-refractivity contribution >= 4 is 6.09 Å². The molecule has 1 heterocycles. The Bertz CT molecular complexity index is 779. The van der Waals surface area contributed by atoms with Gasteiger partial charge in [-0.3, -0.25) is 4.68 Å². The Morgan fingerprint density at radius 1 is 1.21 bits per heavy atom. The van der Waals surface area contributed by atoms with Gasteiger partial charge in [-0.2, -0.15) is 5.10 Å². The van der Waals surface area contributed by atoms with Crippen molar-refractivity contribution in [3.8, 4) is 16.9 Å². The van der Waals surface area contributed by atoms with Crippen LogP contribution in [0.3, 0.4) is 0 Å². The SMILES string of the molecule is CCCCN(C)C(=O)OCc1c(-c2ccc(OC3CCCCC3)cc2)cnn1C. The van der Waals surface area contributed by atoms with E-state index in [1.807, 2.05) is 37.5 Å². The van der Waals surface area contributed by atoms with Gasteiger partial charge in [0.2, 0.25) is 0 Å². The Morgan fingerprint density at radius 3 is 2.62 bits per heavy atom. The van der Waals surface area contributed by atoms with Crippen LogP contribution in [0, 0.1) is 0 Å².